The smallest absolute Gasteiger partial charge is 0.303 e. The van der Waals surface area contributed by atoms with E-state index < -0.39 is 17.9 Å². The largest absolute Gasteiger partial charge is 0.481 e. The third kappa shape index (κ3) is 84.9. The summed E-state index contributed by atoms with van der Waals surface area (Å²) < 4.78 is 0. The fraction of sp³-hybridized carbons (Fsp3) is 0.933. The van der Waals surface area contributed by atoms with E-state index in [9.17, 15) is 14.4 Å². The van der Waals surface area contributed by atoms with Crippen molar-refractivity contribution in [1.82, 2.24) is 0 Å². The monoisotopic (exact) mass is 793 g/mol. The molecule has 0 radical (unpaired) electrons. The van der Waals surface area contributed by atoms with Crippen molar-refractivity contribution in [2.45, 2.75) is 272 Å². The van der Waals surface area contributed by atoms with Gasteiger partial charge in [0, 0.05) is 47.1 Å². The first-order valence-corrected chi connectivity index (χ1v) is 22.4. The van der Waals surface area contributed by atoms with Crippen LogP contribution in [0.1, 0.15) is 266 Å². The molecule has 0 bridgehead atoms. The molecule has 0 aliphatic rings. The maximum Gasteiger partial charge on any atom is 0.303 e. The Morgan fingerprint density at radius 2 is 0.434 bits per heavy atom. The van der Waals surface area contributed by atoms with Crippen LogP contribution in [0, 0.1) is 0 Å². The topological polar surface area (TPSA) is 132 Å². The quantitative estimate of drug-likeness (QED) is 0.0367. The fourth-order valence-electron chi connectivity index (χ4n) is 5.82. The van der Waals surface area contributed by atoms with Crippen molar-refractivity contribution in [2.24, 2.45) is 0 Å². The molecule has 0 aromatic heterocycles. The molecule has 0 unspecified atom stereocenters. The van der Waals surface area contributed by atoms with Gasteiger partial charge in [0.1, 0.15) is 0 Å². The summed E-state index contributed by atoms with van der Waals surface area (Å²) in [5, 5.41) is 33.4. The average Bonchev–Trinajstić information content (AvgIpc) is 3.08. The van der Waals surface area contributed by atoms with Crippen molar-refractivity contribution in [3.05, 3.63) is 0 Å². The molecule has 0 spiro atoms. The Morgan fingerprint density at radius 3 is 0.547 bits per heavy atom. The van der Waals surface area contributed by atoms with Crippen LogP contribution in [0.4, 0.5) is 0 Å². The molecule has 53 heavy (non-hydrogen) atoms. The summed E-state index contributed by atoms with van der Waals surface area (Å²) in [6, 6.07) is 0. The first kappa shape index (κ1) is 61.3. The van der Waals surface area contributed by atoms with Gasteiger partial charge in [-0.15, -0.1) is 0 Å². The molecule has 0 aromatic rings. The predicted molar refractivity (Wildman–Crippen MR) is 223 cm³/mol. The van der Waals surface area contributed by atoms with Crippen LogP contribution in [-0.4, -0.2) is 44.4 Å². The standard InChI is InChI=1S/3C14H28O2.C3H8O.Ti/c3*1-2-3-4-5-6-7-8-9-10-11-12-13-14(15)16;1-3(2)4;/h3*2-13H2,1H3,(H,15,16);3-4H,1-2H3;. The van der Waals surface area contributed by atoms with Gasteiger partial charge in [0.25, 0.3) is 0 Å². The summed E-state index contributed by atoms with van der Waals surface area (Å²) in [4.78, 5) is 30.8. The van der Waals surface area contributed by atoms with Gasteiger partial charge in [-0.05, 0) is 33.1 Å². The fourth-order valence-corrected chi connectivity index (χ4v) is 5.82. The minimum absolute atomic E-state index is 0. The summed E-state index contributed by atoms with van der Waals surface area (Å²) in [6.45, 7) is 10.2. The van der Waals surface area contributed by atoms with E-state index in [0.717, 1.165) is 38.5 Å². The number of carbonyl (C=O) groups is 3. The predicted octanol–water partition coefficient (Wildman–Crippen LogP) is 14.7. The van der Waals surface area contributed by atoms with Crippen LogP contribution in [-0.2, 0) is 36.1 Å². The van der Waals surface area contributed by atoms with E-state index in [2.05, 4.69) is 20.8 Å². The molecule has 0 saturated heterocycles. The van der Waals surface area contributed by atoms with Gasteiger partial charge in [-0.25, -0.2) is 0 Å². The van der Waals surface area contributed by atoms with Gasteiger partial charge < -0.3 is 20.4 Å². The van der Waals surface area contributed by atoms with Gasteiger partial charge >= 0.3 is 17.9 Å². The number of carboxylic acids is 3. The molecule has 0 heterocycles. The van der Waals surface area contributed by atoms with Crippen LogP contribution in [0.15, 0.2) is 0 Å². The molecular formula is C45H92O7Ti. The number of hydrogen-bond acceptors (Lipinski definition) is 4. The zero-order valence-corrected chi connectivity index (χ0v) is 37.6. The molecule has 0 aliphatic heterocycles. The molecular weight excluding hydrogens is 700 g/mol. The Kier molecular flexibility index (Phi) is 66.9. The molecule has 0 saturated carbocycles. The van der Waals surface area contributed by atoms with E-state index in [0.29, 0.717) is 19.3 Å². The van der Waals surface area contributed by atoms with E-state index in [-0.39, 0.29) is 27.8 Å². The summed E-state index contributed by atoms with van der Waals surface area (Å²) in [7, 11) is 0. The van der Waals surface area contributed by atoms with Crippen LogP contribution in [0.25, 0.3) is 0 Å². The van der Waals surface area contributed by atoms with E-state index in [1.807, 2.05) is 0 Å². The van der Waals surface area contributed by atoms with E-state index in [1.165, 1.54) is 173 Å². The van der Waals surface area contributed by atoms with Crippen LogP contribution >= 0.6 is 0 Å². The summed E-state index contributed by atoms with van der Waals surface area (Å²) in [6.07, 6.45) is 42.9. The van der Waals surface area contributed by atoms with Gasteiger partial charge in [0.2, 0.25) is 0 Å². The number of unbranched alkanes of at least 4 members (excludes halogenated alkanes) is 30. The SMILES string of the molecule is CC(C)O.CCCCCCCCCCCCCC(=O)O.CCCCCCCCCCCCCC(=O)O.CCCCCCCCCCCCCC(=O)O.[Ti]. The van der Waals surface area contributed by atoms with Crippen LogP contribution in [0.5, 0.6) is 0 Å². The van der Waals surface area contributed by atoms with Crippen molar-refractivity contribution in [3.8, 4) is 0 Å². The molecule has 0 rings (SSSR count). The third-order valence-corrected chi connectivity index (χ3v) is 8.98. The minimum Gasteiger partial charge on any atom is -0.481 e. The number of aliphatic hydroxyl groups excluding tert-OH is 1. The van der Waals surface area contributed by atoms with Crippen molar-refractivity contribution in [3.63, 3.8) is 0 Å². The Balaban J connectivity index is -0.000000204. The number of carboxylic acid groups (broad SMARTS) is 3. The maximum atomic E-state index is 10.3. The second-order valence-corrected chi connectivity index (χ2v) is 15.1. The number of aliphatic carboxylic acids is 3. The second kappa shape index (κ2) is 57.8. The van der Waals surface area contributed by atoms with Crippen molar-refractivity contribution >= 4 is 17.9 Å². The summed E-state index contributed by atoms with van der Waals surface area (Å²) >= 11 is 0. The van der Waals surface area contributed by atoms with Gasteiger partial charge in [0.15, 0.2) is 0 Å². The van der Waals surface area contributed by atoms with Crippen molar-refractivity contribution in [1.29, 1.82) is 0 Å². The number of aliphatic hydroxyl groups is 1. The van der Waals surface area contributed by atoms with E-state index >= 15 is 0 Å². The first-order chi connectivity index (χ1) is 25.0. The van der Waals surface area contributed by atoms with Crippen LogP contribution in [0.2, 0.25) is 0 Å². The molecule has 0 fully saturated rings. The summed E-state index contributed by atoms with van der Waals surface area (Å²) in [5.41, 5.74) is 0. The number of rotatable bonds is 36. The molecule has 0 aliphatic carbocycles. The first-order valence-electron chi connectivity index (χ1n) is 22.4. The van der Waals surface area contributed by atoms with Gasteiger partial charge in [0.05, 0.1) is 0 Å². The van der Waals surface area contributed by atoms with Crippen LogP contribution < -0.4 is 0 Å². The van der Waals surface area contributed by atoms with E-state index in [4.69, 9.17) is 20.4 Å². The maximum absolute atomic E-state index is 10.3. The molecule has 0 aromatic carbocycles. The van der Waals surface area contributed by atoms with Crippen molar-refractivity contribution < 1.29 is 56.5 Å². The second-order valence-electron chi connectivity index (χ2n) is 15.1. The Morgan fingerprint density at radius 1 is 0.321 bits per heavy atom. The molecule has 0 amide bonds. The third-order valence-electron chi connectivity index (χ3n) is 8.98. The zero-order valence-electron chi connectivity index (χ0n) is 36.0. The average molecular weight is 793 g/mol. The Labute approximate surface area is 344 Å². The molecule has 0 atom stereocenters. The zero-order chi connectivity index (χ0) is 39.8. The molecule has 4 N–H and O–H groups in total. The summed E-state index contributed by atoms with van der Waals surface area (Å²) in [5.74, 6) is -1.97. The Bertz CT molecular complexity index is 599. The minimum atomic E-state index is -0.657. The molecule has 8 heteroatoms. The normalized spacial score (nSPS) is 10.2. The number of hydrogen-bond donors (Lipinski definition) is 4. The van der Waals surface area contributed by atoms with Crippen molar-refractivity contribution in [2.75, 3.05) is 0 Å². The molecule has 7 nitrogen and oxygen atoms in total. The van der Waals surface area contributed by atoms with E-state index in [1.54, 1.807) is 13.8 Å². The van der Waals surface area contributed by atoms with Crippen LogP contribution in [0.3, 0.4) is 0 Å². The van der Waals surface area contributed by atoms with Gasteiger partial charge in [-0.1, -0.05) is 213 Å². The van der Waals surface area contributed by atoms with Gasteiger partial charge in [-0.2, -0.15) is 0 Å². The van der Waals surface area contributed by atoms with Gasteiger partial charge in [-0.3, -0.25) is 14.4 Å². The molecule has 318 valence electrons. The Hall–Kier alpha value is -0.916.